The number of amides is 1. The van der Waals surface area contributed by atoms with E-state index in [1.807, 2.05) is 17.8 Å². The zero-order valence-electron chi connectivity index (χ0n) is 14.7. The standard InChI is InChI=1S/C16H28N4O3S/c1-4-19(13(3)12-24(22,23)5-2)16(21)15-8-10-20(18-15)14-7-6-9-17-11-14/h8,10,13-14,17H,4-7,9,11-12H2,1-3H3. The van der Waals surface area contributed by atoms with Gasteiger partial charge in [0, 0.05) is 31.1 Å². The summed E-state index contributed by atoms with van der Waals surface area (Å²) in [5, 5.41) is 7.77. The third-order valence-corrected chi connectivity index (χ3v) is 6.41. The number of nitrogens with zero attached hydrogens (tertiary/aromatic N) is 3. The van der Waals surface area contributed by atoms with Crippen LogP contribution in [0.3, 0.4) is 0 Å². The van der Waals surface area contributed by atoms with Crippen LogP contribution in [-0.2, 0) is 9.84 Å². The molecule has 0 bridgehead atoms. The van der Waals surface area contributed by atoms with Gasteiger partial charge in [0.05, 0.1) is 11.8 Å². The number of piperidine rings is 1. The summed E-state index contributed by atoms with van der Waals surface area (Å²) in [5.41, 5.74) is 0.378. The first-order valence-corrected chi connectivity index (χ1v) is 10.5. The normalized spacial score (nSPS) is 19.9. The summed E-state index contributed by atoms with van der Waals surface area (Å²) in [6.07, 6.45) is 3.98. The highest BCUT2D eigenvalue weighted by Crippen LogP contribution is 2.17. The van der Waals surface area contributed by atoms with Crippen LogP contribution in [0.5, 0.6) is 0 Å². The molecule has 0 aliphatic carbocycles. The van der Waals surface area contributed by atoms with E-state index in [4.69, 9.17) is 0 Å². The van der Waals surface area contributed by atoms with Crippen molar-refractivity contribution in [3.05, 3.63) is 18.0 Å². The molecule has 0 aromatic carbocycles. The van der Waals surface area contributed by atoms with E-state index >= 15 is 0 Å². The van der Waals surface area contributed by atoms with Crippen molar-refractivity contribution < 1.29 is 13.2 Å². The number of carbonyl (C=O) groups is 1. The van der Waals surface area contributed by atoms with Crippen LogP contribution >= 0.6 is 0 Å². The van der Waals surface area contributed by atoms with Gasteiger partial charge in [0.25, 0.3) is 5.91 Å². The molecule has 0 spiro atoms. The largest absolute Gasteiger partial charge is 0.334 e. The van der Waals surface area contributed by atoms with Gasteiger partial charge in [-0.1, -0.05) is 6.92 Å². The highest BCUT2D eigenvalue weighted by atomic mass is 32.2. The van der Waals surface area contributed by atoms with Gasteiger partial charge in [0.1, 0.15) is 5.69 Å². The average Bonchev–Trinajstić information content (AvgIpc) is 3.06. The molecule has 1 aliphatic rings. The lowest BCUT2D eigenvalue weighted by Crippen LogP contribution is -2.42. The van der Waals surface area contributed by atoms with Crippen LogP contribution < -0.4 is 5.32 Å². The Morgan fingerprint density at radius 1 is 1.50 bits per heavy atom. The van der Waals surface area contributed by atoms with Crippen molar-refractivity contribution in [3.8, 4) is 0 Å². The summed E-state index contributed by atoms with van der Waals surface area (Å²) in [7, 11) is -3.13. The Morgan fingerprint density at radius 2 is 2.25 bits per heavy atom. The number of carbonyl (C=O) groups excluding carboxylic acids is 1. The van der Waals surface area contributed by atoms with Gasteiger partial charge in [-0.2, -0.15) is 5.10 Å². The van der Waals surface area contributed by atoms with Crippen LogP contribution in [0.1, 0.15) is 50.1 Å². The van der Waals surface area contributed by atoms with Crippen molar-refractivity contribution in [3.63, 3.8) is 0 Å². The molecular weight excluding hydrogens is 328 g/mol. The maximum atomic E-state index is 12.7. The van der Waals surface area contributed by atoms with Gasteiger partial charge in [0.15, 0.2) is 9.84 Å². The number of rotatable bonds is 7. The summed E-state index contributed by atoms with van der Waals surface area (Å²) >= 11 is 0. The van der Waals surface area contributed by atoms with E-state index in [0.717, 1.165) is 25.9 Å². The van der Waals surface area contributed by atoms with Gasteiger partial charge in [-0.25, -0.2) is 8.42 Å². The minimum absolute atomic E-state index is 0.0175. The van der Waals surface area contributed by atoms with Crippen LogP contribution in [-0.4, -0.2) is 66.2 Å². The topological polar surface area (TPSA) is 84.3 Å². The molecule has 1 saturated heterocycles. The third kappa shape index (κ3) is 4.57. The summed E-state index contributed by atoms with van der Waals surface area (Å²) in [6.45, 7) is 7.59. The predicted molar refractivity (Wildman–Crippen MR) is 93.9 cm³/mol. The van der Waals surface area contributed by atoms with Gasteiger partial charge in [-0.15, -0.1) is 0 Å². The zero-order chi connectivity index (χ0) is 17.7. The summed E-state index contributed by atoms with van der Waals surface area (Å²) in [6, 6.07) is 1.63. The molecule has 2 heterocycles. The Bertz CT molecular complexity index is 650. The fourth-order valence-electron chi connectivity index (χ4n) is 3.09. The first kappa shape index (κ1) is 18.9. The minimum Gasteiger partial charge on any atom is -0.334 e. The molecule has 0 saturated carbocycles. The van der Waals surface area contributed by atoms with Gasteiger partial charge >= 0.3 is 0 Å². The Balaban J connectivity index is 2.09. The highest BCUT2D eigenvalue weighted by Gasteiger charge is 2.26. The smallest absolute Gasteiger partial charge is 0.274 e. The molecule has 1 amide bonds. The van der Waals surface area contributed by atoms with E-state index in [-0.39, 0.29) is 29.5 Å². The SMILES string of the molecule is CCN(C(=O)c1ccn(C2CCCNC2)n1)C(C)CS(=O)(=O)CC. The number of nitrogens with one attached hydrogen (secondary N) is 1. The average molecular weight is 356 g/mol. The van der Waals surface area contributed by atoms with Gasteiger partial charge in [-0.3, -0.25) is 9.48 Å². The van der Waals surface area contributed by atoms with E-state index in [1.165, 1.54) is 0 Å². The second-order valence-corrected chi connectivity index (χ2v) is 8.72. The Kier molecular flexibility index (Phi) is 6.40. The van der Waals surface area contributed by atoms with Crippen LogP contribution in [0.2, 0.25) is 0 Å². The predicted octanol–water partition coefficient (Wildman–Crippen LogP) is 1.09. The molecule has 2 rings (SSSR count). The second-order valence-electron chi connectivity index (χ2n) is 6.32. The fraction of sp³-hybridized carbons (Fsp3) is 0.750. The Labute approximate surface area is 144 Å². The van der Waals surface area contributed by atoms with E-state index < -0.39 is 9.84 Å². The van der Waals surface area contributed by atoms with Crippen molar-refractivity contribution in [2.24, 2.45) is 0 Å². The van der Waals surface area contributed by atoms with Crippen molar-refractivity contribution >= 4 is 15.7 Å². The lowest BCUT2D eigenvalue weighted by atomic mass is 10.1. The molecule has 1 aromatic rings. The first-order chi connectivity index (χ1) is 11.4. The Morgan fingerprint density at radius 3 is 2.83 bits per heavy atom. The van der Waals surface area contributed by atoms with Crippen LogP contribution in [0, 0.1) is 0 Å². The molecule has 136 valence electrons. The molecule has 7 nitrogen and oxygen atoms in total. The summed E-state index contributed by atoms with van der Waals surface area (Å²) < 4.78 is 25.5. The van der Waals surface area contributed by atoms with Gasteiger partial charge in [-0.05, 0) is 39.3 Å². The molecule has 8 heteroatoms. The number of aromatic nitrogens is 2. The maximum Gasteiger partial charge on any atom is 0.274 e. The number of hydrogen-bond donors (Lipinski definition) is 1. The van der Waals surface area contributed by atoms with E-state index in [1.54, 1.807) is 24.8 Å². The molecule has 24 heavy (non-hydrogen) atoms. The molecule has 1 aromatic heterocycles. The van der Waals surface area contributed by atoms with Crippen LogP contribution in [0.4, 0.5) is 0 Å². The molecule has 1 N–H and O–H groups in total. The number of sulfone groups is 1. The van der Waals surface area contributed by atoms with E-state index in [9.17, 15) is 13.2 Å². The molecule has 2 unspecified atom stereocenters. The zero-order valence-corrected chi connectivity index (χ0v) is 15.6. The summed E-state index contributed by atoms with van der Waals surface area (Å²) in [4.78, 5) is 14.3. The minimum atomic E-state index is -3.13. The molecule has 1 aliphatic heterocycles. The van der Waals surface area contributed by atoms with E-state index in [2.05, 4.69) is 10.4 Å². The van der Waals surface area contributed by atoms with Gasteiger partial charge < -0.3 is 10.2 Å². The van der Waals surface area contributed by atoms with Gasteiger partial charge in [0.2, 0.25) is 0 Å². The maximum absolute atomic E-state index is 12.7. The van der Waals surface area contributed by atoms with Crippen molar-refractivity contribution in [2.45, 2.75) is 45.7 Å². The summed E-state index contributed by atoms with van der Waals surface area (Å²) in [5.74, 6) is -0.137. The highest BCUT2D eigenvalue weighted by molar-refractivity contribution is 7.91. The van der Waals surface area contributed by atoms with Crippen molar-refractivity contribution in [1.82, 2.24) is 20.0 Å². The molecule has 2 atom stereocenters. The van der Waals surface area contributed by atoms with Crippen molar-refractivity contribution in [2.75, 3.05) is 31.1 Å². The molecule has 0 radical (unpaired) electrons. The number of hydrogen-bond acceptors (Lipinski definition) is 5. The molecule has 1 fully saturated rings. The van der Waals surface area contributed by atoms with Crippen LogP contribution in [0.15, 0.2) is 12.3 Å². The fourth-order valence-corrected chi connectivity index (χ4v) is 4.24. The second kappa shape index (κ2) is 8.11. The third-order valence-electron chi connectivity index (χ3n) is 4.54. The first-order valence-electron chi connectivity index (χ1n) is 8.65. The Hall–Kier alpha value is -1.41. The monoisotopic (exact) mass is 356 g/mol. The van der Waals surface area contributed by atoms with E-state index in [0.29, 0.717) is 12.2 Å². The van der Waals surface area contributed by atoms with Crippen molar-refractivity contribution in [1.29, 1.82) is 0 Å². The lowest BCUT2D eigenvalue weighted by Gasteiger charge is -2.27. The quantitative estimate of drug-likeness (QED) is 0.791. The van der Waals surface area contributed by atoms with Crippen LogP contribution in [0.25, 0.3) is 0 Å². The lowest BCUT2D eigenvalue weighted by molar-refractivity contribution is 0.0711. The molecular formula is C16H28N4O3S.